The number of carbonyl (C=O) groups is 2. The minimum Gasteiger partial charge on any atom is -0.379 e. The minimum absolute atomic E-state index is 0.0836. The smallest absolute Gasteiger partial charge is 0.379 e. The van der Waals surface area contributed by atoms with Gasteiger partial charge in [0.2, 0.25) is 11.8 Å². The van der Waals surface area contributed by atoms with Crippen LogP contribution in [0.3, 0.4) is 0 Å². The predicted octanol–water partition coefficient (Wildman–Crippen LogP) is 5.23. The number of alkyl halides is 3. The van der Waals surface area contributed by atoms with Crippen molar-refractivity contribution in [2.45, 2.75) is 38.8 Å². The number of allylic oxidation sites excluding steroid dienone is 5. The van der Waals surface area contributed by atoms with Gasteiger partial charge in [0.1, 0.15) is 5.92 Å². The van der Waals surface area contributed by atoms with Crippen molar-refractivity contribution in [2.24, 2.45) is 5.92 Å². The van der Waals surface area contributed by atoms with Gasteiger partial charge in [-0.15, -0.1) is 0 Å². The molecule has 0 N–H and O–H groups in total. The summed E-state index contributed by atoms with van der Waals surface area (Å²) >= 11 is 0. The summed E-state index contributed by atoms with van der Waals surface area (Å²) in [7, 11) is 0. The van der Waals surface area contributed by atoms with Crippen LogP contribution in [0.2, 0.25) is 0 Å². The highest BCUT2D eigenvalue weighted by molar-refractivity contribution is 6.20. The second-order valence-electron chi connectivity index (χ2n) is 9.95. The Hall–Kier alpha value is -3.17. The molecule has 0 radical (unpaired) electrons. The molecule has 6 nitrogen and oxygen atoms in total. The summed E-state index contributed by atoms with van der Waals surface area (Å²) in [4.78, 5) is 33.2. The Morgan fingerprint density at radius 1 is 1.00 bits per heavy atom. The molecule has 1 aromatic rings. The number of hydrogen-bond donors (Lipinski definition) is 0. The second kappa shape index (κ2) is 10.9. The van der Waals surface area contributed by atoms with Crippen molar-refractivity contribution >= 4 is 23.2 Å². The first-order valence-electron chi connectivity index (χ1n) is 13.2. The quantitative estimate of drug-likeness (QED) is 0.492. The van der Waals surface area contributed by atoms with E-state index in [-0.39, 0.29) is 12.2 Å². The van der Waals surface area contributed by atoms with E-state index in [1.807, 2.05) is 24.3 Å². The number of benzene rings is 1. The van der Waals surface area contributed by atoms with E-state index in [0.29, 0.717) is 43.0 Å². The molecule has 2 heterocycles. The maximum absolute atomic E-state index is 14.2. The zero-order valence-corrected chi connectivity index (χ0v) is 21.5. The lowest BCUT2D eigenvalue weighted by Crippen LogP contribution is -2.43. The molecule has 1 aromatic carbocycles. The Morgan fingerprint density at radius 3 is 2.42 bits per heavy atom. The highest BCUT2D eigenvalue weighted by Crippen LogP contribution is 2.43. The summed E-state index contributed by atoms with van der Waals surface area (Å²) in [6.07, 6.45) is 7.50. The molecule has 0 saturated carbocycles. The highest BCUT2D eigenvalue weighted by Gasteiger charge is 2.44. The Kier molecular flexibility index (Phi) is 7.59. The van der Waals surface area contributed by atoms with Crippen molar-refractivity contribution in [2.75, 3.05) is 49.2 Å². The van der Waals surface area contributed by atoms with Crippen LogP contribution in [0.1, 0.15) is 38.2 Å². The number of nitrogens with zero attached hydrogens (tertiary/aromatic N) is 3. The number of rotatable bonds is 5. The number of carbonyl (C=O) groups excluding carboxylic acids is 2. The van der Waals surface area contributed by atoms with Crippen molar-refractivity contribution in [3.05, 3.63) is 71.0 Å². The molecule has 1 fully saturated rings. The number of morpholine rings is 1. The van der Waals surface area contributed by atoms with Gasteiger partial charge in [-0.05, 0) is 62.5 Å². The summed E-state index contributed by atoms with van der Waals surface area (Å²) in [6, 6.07) is 3.28. The molecule has 0 spiro atoms. The fourth-order valence-electron chi connectivity index (χ4n) is 5.53. The van der Waals surface area contributed by atoms with E-state index < -0.39 is 29.5 Å². The minimum atomic E-state index is -4.58. The summed E-state index contributed by atoms with van der Waals surface area (Å²) in [5.74, 6) is -2.02. The van der Waals surface area contributed by atoms with Crippen molar-refractivity contribution in [1.82, 2.24) is 4.90 Å². The van der Waals surface area contributed by atoms with Gasteiger partial charge in [-0.25, -0.2) is 0 Å². The number of halogens is 3. The second-order valence-corrected chi connectivity index (χ2v) is 9.95. The average Bonchev–Trinajstić information content (AvgIpc) is 3.00. The zero-order chi connectivity index (χ0) is 26.9. The highest BCUT2D eigenvalue weighted by atomic mass is 19.4. The van der Waals surface area contributed by atoms with E-state index in [1.54, 1.807) is 13.0 Å². The number of anilines is 2. The van der Waals surface area contributed by atoms with E-state index in [4.69, 9.17) is 4.74 Å². The van der Waals surface area contributed by atoms with Gasteiger partial charge in [0.15, 0.2) is 0 Å². The van der Waals surface area contributed by atoms with E-state index in [2.05, 4.69) is 4.90 Å². The van der Waals surface area contributed by atoms with Crippen LogP contribution in [0.15, 0.2) is 65.4 Å². The third-order valence-electron chi connectivity index (χ3n) is 7.53. The Labute approximate surface area is 220 Å². The van der Waals surface area contributed by atoms with Gasteiger partial charge in [-0.3, -0.25) is 19.4 Å². The maximum atomic E-state index is 14.2. The molecule has 1 unspecified atom stereocenters. The first kappa shape index (κ1) is 26.4. The largest absolute Gasteiger partial charge is 0.416 e. The molecule has 4 aliphatic rings. The van der Waals surface area contributed by atoms with E-state index in [1.165, 1.54) is 21.4 Å². The standard InChI is InChI=1S/C29H32F3N3O3/c1-2-34-24-13-12-22(29(30,31)32)18-25(24)35(23-6-4-3-5-7-23)28(37)26(27(34)36)21-10-8-20(9-11-21)19-33-14-16-38-17-15-33/h4,6-8,10,12-13,18,26H,2-3,5,9,11,14-17,19H2,1H3. The number of hydrogen-bond acceptors (Lipinski definition) is 4. The molecule has 202 valence electrons. The molecule has 5 rings (SSSR count). The summed E-state index contributed by atoms with van der Waals surface area (Å²) in [6.45, 7) is 5.98. The van der Waals surface area contributed by atoms with Gasteiger partial charge < -0.3 is 9.64 Å². The lowest BCUT2D eigenvalue weighted by atomic mass is 9.87. The van der Waals surface area contributed by atoms with Crippen molar-refractivity contribution in [1.29, 1.82) is 0 Å². The van der Waals surface area contributed by atoms with Crippen molar-refractivity contribution in [3.8, 4) is 0 Å². The van der Waals surface area contributed by atoms with Crippen molar-refractivity contribution < 1.29 is 27.5 Å². The third-order valence-corrected chi connectivity index (χ3v) is 7.53. The molecule has 38 heavy (non-hydrogen) atoms. The van der Waals surface area contributed by atoms with Crippen LogP contribution in [0.5, 0.6) is 0 Å². The monoisotopic (exact) mass is 527 g/mol. The van der Waals surface area contributed by atoms with Crippen LogP contribution >= 0.6 is 0 Å². The van der Waals surface area contributed by atoms with Crippen LogP contribution in [0.25, 0.3) is 0 Å². The maximum Gasteiger partial charge on any atom is 0.416 e. The lowest BCUT2D eigenvalue weighted by molar-refractivity contribution is -0.137. The number of fused-ring (bicyclic) bond motifs is 1. The Bertz CT molecular complexity index is 1230. The van der Waals surface area contributed by atoms with Gasteiger partial charge >= 0.3 is 6.18 Å². The number of ether oxygens (including phenoxy) is 1. The zero-order valence-electron chi connectivity index (χ0n) is 21.5. The molecule has 2 aliphatic heterocycles. The Morgan fingerprint density at radius 2 is 1.79 bits per heavy atom. The van der Waals surface area contributed by atoms with Gasteiger partial charge in [0, 0.05) is 31.9 Å². The molecular weight excluding hydrogens is 495 g/mol. The average molecular weight is 528 g/mol. The Balaban J connectivity index is 1.55. The third kappa shape index (κ3) is 5.22. The summed E-state index contributed by atoms with van der Waals surface area (Å²) in [5, 5.41) is 0. The van der Waals surface area contributed by atoms with E-state index in [0.717, 1.165) is 44.6 Å². The number of amides is 2. The first-order valence-corrected chi connectivity index (χ1v) is 13.2. The summed E-state index contributed by atoms with van der Waals surface area (Å²) in [5.41, 5.74) is 1.95. The molecule has 1 atom stereocenters. The van der Waals surface area contributed by atoms with E-state index >= 15 is 0 Å². The molecule has 0 aromatic heterocycles. The molecule has 2 amide bonds. The van der Waals surface area contributed by atoms with Crippen molar-refractivity contribution in [3.63, 3.8) is 0 Å². The normalized spacial score (nSPS) is 23.1. The molecule has 1 saturated heterocycles. The van der Waals surface area contributed by atoms with Gasteiger partial charge in [0.25, 0.3) is 0 Å². The van der Waals surface area contributed by atoms with E-state index in [9.17, 15) is 22.8 Å². The van der Waals surface area contributed by atoms with Crippen LogP contribution in [0.4, 0.5) is 24.5 Å². The predicted molar refractivity (Wildman–Crippen MR) is 140 cm³/mol. The van der Waals surface area contributed by atoms with Crippen LogP contribution in [0, 0.1) is 5.92 Å². The topological polar surface area (TPSA) is 53.1 Å². The first-order chi connectivity index (χ1) is 18.3. The van der Waals surface area contributed by atoms with Crippen LogP contribution in [-0.2, 0) is 20.5 Å². The van der Waals surface area contributed by atoms with Crippen LogP contribution in [-0.4, -0.2) is 56.1 Å². The fraction of sp³-hybridized carbons (Fsp3) is 0.448. The van der Waals surface area contributed by atoms with Gasteiger partial charge in [-0.2, -0.15) is 13.2 Å². The fourth-order valence-corrected chi connectivity index (χ4v) is 5.53. The van der Waals surface area contributed by atoms with Gasteiger partial charge in [0.05, 0.1) is 30.2 Å². The molecule has 2 aliphatic carbocycles. The summed E-state index contributed by atoms with van der Waals surface area (Å²) < 4.78 is 46.6. The van der Waals surface area contributed by atoms with Crippen LogP contribution < -0.4 is 9.80 Å². The lowest BCUT2D eigenvalue weighted by Gasteiger charge is -2.30. The molecule has 0 bridgehead atoms. The molecule has 9 heteroatoms. The van der Waals surface area contributed by atoms with Gasteiger partial charge in [-0.1, -0.05) is 29.9 Å². The SMILES string of the molecule is CCN1C(=O)C(C2=CC=C(CN3CCOCC3)CC2)C(=O)N(C2=CCCC=C2)c2cc(C(F)(F)F)ccc21. The molecular formula is C29H32F3N3O3.